The summed E-state index contributed by atoms with van der Waals surface area (Å²) in [5, 5.41) is 3.08. The molecule has 0 heterocycles. The van der Waals surface area contributed by atoms with Crippen LogP contribution in [0.5, 0.6) is 0 Å². The van der Waals surface area contributed by atoms with Crippen LogP contribution in [0, 0.1) is 6.92 Å². The fourth-order valence-electron chi connectivity index (χ4n) is 2.75. The number of benzene rings is 1. The van der Waals surface area contributed by atoms with E-state index < -0.39 is 9.84 Å². The summed E-state index contributed by atoms with van der Waals surface area (Å²) in [5.74, 6) is 0. The third-order valence-corrected chi connectivity index (χ3v) is 6.19. The molecule has 1 rings (SSSR count). The second-order valence-electron chi connectivity index (χ2n) is 5.66. The van der Waals surface area contributed by atoms with Crippen LogP contribution >= 0.6 is 0 Å². The summed E-state index contributed by atoms with van der Waals surface area (Å²) in [4.78, 5) is 0.453. The molecular weight excluding hydrogens is 282 g/mol. The highest BCUT2D eigenvalue weighted by atomic mass is 32.2. The van der Waals surface area contributed by atoms with Gasteiger partial charge in [0.1, 0.15) is 0 Å². The summed E-state index contributed by atoms with van der Waals surface area (Å²) >= 11 is 0. The topological polar surface area (TPSA) is 46.2 Å². The van der Waals surface area contributed by atoms with Gasteiger partial charge in [0.25, 0.3) is 0 Å². The van der Waals surface area contributed by atoms with Gasteiger partial charge in [-0.15, -0.1) is 0 Å². The Labute approximate surface area is 130 Å². The minimum Gasteiger partial charge on any atom is -0.313 e. The van der Waals surface area contributed by atoms with E-state index in [0.717, 1.165) is 31.4 Å². The summed E-state index contributed by atoms with van der Waals surface area (Å²) in [6, 6.07) is 7.28. The zero-order valence-electron chi connectivity index (χ0n) is 13.7. The van der Waals surface area contributed by atoms with Crippen molar-refractivity contribution in [2.24, 2.45) is 0 Å². The molecule has 0 radical (unpaired) electrons. The van der Waals surface area contributed by atoms with Crippen molar-refractivity contribution in [3.63, 3.8) is 0 Å². The molecule has 0 saturated carbocycles. The maximum Gasteiger partial charge on any atom is 0.182 e. The number of aryl methyl sites for hydroxylation is 1. The Kier molecular flexibility index (Phi) is 7.40. The molecule has 0 aliphatic heterocycles. The molecule has 0 spiro atoms. The minimum absolute atomic E-state index is 0.0328. The van der Waals surface area contributed by atoms with Crippen molar-refractivity contribution in [3.8, 4) is 0 Å². The number of rotatable bonds is 9. The third kappa shape index (κ3) is 4.82. The molecule has 1 N–H and O–H groups in total. The number of sulfone groups is 1. The van der Waals surface area contributed by atoms with E-state index >= 15 is 0 Å². The van der Waals surface area contributed by atoms with Gasteiger partial charge in [-0.1, -0.05) is 39.3 Å². The van der Waals surface area contributed by atoms with Gasteiger partial charge in [-0.25, -0.2) is 8.42 Å². The Morgan fingerprint density at radius 2 is 1.86 bits per heavy atom. The predicted molar refractivity (Wildman–Crippen MR) is 89.4 cm³/mol. The number of hydrogen-bond donors (Lipinski definition) is 1. The van der Waals surface area contributed by atoms with Crippen molar-refractivity contribution in [1.82, 2.24) is 5.32 Å². The van der Waals surface area contributed by atoms with Crippen LogP contribution in [-0.2, 0) is 9.84 Å². The molecule has 21 heavy (non-hydrogen) atoms. The maximum atomic E-state index is 13.0. The van der Waals surface area contributed by atoms with Crippen molar-refractivity contribution in [2.75, 3.05) is 6.54 Å². The van der Waals surface area contributed by atoms with E-state index in [1.54, 1.807) is 12.1 Å². The maximum absolute atomic E-state index is 13.0. The lowest BCUT2D eigenvalue weighted by molar-refractivity contribution is 0.436. The van der Waals surface area contributed by atoms with Gasteiger partial charge in [0.2, 0.25) is 0 Å². The quantitative estimate of drug-likeness (QED) is 0.756. The zero-order valence-corrected chi connectivity index (χ0v) is 14.5. The SMILES string of the molecule is CCCNC(CCC)C(CC)S(=O)(=O)c1cccc(C)c1. The van der Waals surface area contributed by atoms with Crippen molar-refractivity contribution in [2.45, 2.75) is 69.6 Å². The van der Waals surface area contributed by atoms with Crippen LogP contribution < -0.4 is 5.32 Å². The van der Waals surface area contributed by atoms with Gasteiger partial charge in [-0.3, -0.25) is 0 Å². The first kappa shape index (κ1) is 18.2. The Morgan fingerprint density at radius 1 is 1.14 bits per heavy atom. The fraction of sp³-hybridized carbons (Fsp3) is 0.647. The molecule has 0 aromatic heterocycles. The molecule has 1 aromatic rings. The number of hydrogen-bond acceptors (Lipinski definition) is 3. The summed E-state index contributed by atoms with van der Waals surface area (Å²) < 4.78 is 25.9. The molecule has 2 atom stereocenters. The molecule has 120 valence electrons. The Hall–Kier alpha value is -0.870. The summed E-state index contributed by atoms with van der Waals surface area (Å²) in [7, 11) is -3.29. The Balaban J connectivity index is 3.09. The highest BCUT2D eigenvalue weighted by molar-refractivity contribution is 7.92. The second kappa shape index (κ2) is 8.54. The van der Waals surface area contributed by atoms with Gasteiger partial charge in [0.15, 0.2) is 9.84 Å². The average Bonchev–Trinajstić information content (AvgIpc) is 2.45. The summed E-state index contributed by atoms with van der Waals surface area (Å²) in [6.07, 6.45) is 3.53. The van der Waals surface area contributed by atoms with Crippen molar-refractivity contribution in [1.29, 1.82) is 0 Å². The molecule has 3 nitrogen and oxygen atoms in total. The van der Waals surface area contributed by atoms with E-state index in [1.807, 2.05) is 26.0 Å². The monoisotopic (exact) mass is 311 g/mol. The first-order chi connectivity index (χ1) is 9.97. The van der Waals surface area contributed by atoms with Crippen LogP contribution in [0.15, 0.2) is 29.2 Å². The predicted octanol–water partition coefficient (Wildman–Crippen LogP) is 3.72. The standard InChI is InChI=1S/C17H29NO2S/c1-5-9-16(18-12-6-2)17(7-3)21(19,20)15-11-8-10-14(4)13-15/h8,10-11,13,16-18H,5-7,9,12H2,1-4H3. The number of nitrogens with one attached hydrogen (secondary N) is 1. The second-order valence-corrected chi connectivity index (χ2v) is 7.82. The van der Waals surface area contributed by atoms with Crippen LogP contribution in [0.4, 0.5) is 0 Å². The molecule has 0 fully saturated rings. The molecule has 0 aliphatic carbocycles. The van der Waals surface area contributed by atoms with E-state index in [0.29, 0.717) is 11.3 Å². The van der Waals surface area contributed by atoms with Crippen molar-refractivity contribution in [3.05, 3.63) is 29.8 Å². The van der Waals surface area contributed by atoms with Gasteiger partial charge in [-0.2, -0.15) is 0 Å². The lowest BCUT2D eigenvalue weighted by Crippen LogP contribution is -2.44. The largest absolute Gasteiger partial charge is 0.313 e. The lowest BCUT2D eigenvalue weighted by Gasteiger charge is -2.27. The molecule has 1 aromatic carbocycles. The Morgan fingerprint density at radius 3 is 2.38 bits per heavy atom. The normalized spacial score (nSPS) is 14.9. The van der Waals surface area contributed by atoms with E-state index in [-0.39, 0.29) is 11.3 Å². The van der Waals surface area contributed by atoms with Crippen LogP contribution in [0.2, 0.25) is 0 Å². The van der Waals surface area contributed by atoms with E-state index in [9.17, 15) is 8.42 Å². The van der Waals surface area contributed by atoms with E-state index in [2.05, 4.69) is 19.2 Å². The summed E-state index contributed by atoms with van der Waals surface area (Å²) in [6.45, 7) is 8.97. The van der Waals surface area contributed by atoms with Gasteiger partial charge in [-0.05, 0) is 50.4 Å². The molecule has 4 heteroatoms. The molecule has 0 aliphatic rings. The minimum atomic E-state index is -3.29. The van der Waals surface area contributed by atoms with Crippen LogP contribution in [0.3, 0.4) is 0 Å². The smallest absolute Gasteiger partial charge is 0.182 e. The highest BCUT2D eigenvalue weighted by Crippen LogP contribution is 2.23. The van der Waals surface area contributed by atoms with Crippen molar-refractivity contribution >= 4 is 9.84 Å². The van der Waals surface area contributed by atoms with Crippen LogP contribution in [0.25, 0.3) is 0 Å². The summed E-state index contributed by atoms with van der Waals surface area (Å²) in [5.41, 5.74) is 0.986. The lowest BCUT2D eigenvalue weighted by atomic mass is 10.1. The van der Waals surface area contributed by atoms with E-state index in [4.69, 9.17) is 0 Å². The first-order valence-electron chi connectivity index (χ1n) is 8.01. The van der Waals surface area contributed by atoms with Crippen LogP contribution in [0.1, 0.15) is 52.0 Å². The first-order valence-corrected chi connectivity index (χ1v) is 9.55. The van der Waals surface area contributed by atoms with E-state index in [1.165, 1.54) is 0 Å². The molecule has 2 unspecified atom stereocenters. The molecular formula is C17H29NO2S. The molecule has 0 bridgehead atoms. The van der Waals surface area contributed by atoms with Gasteiger partial charge in [0.05, 0.1) is 10.1 Å². The highest BCUT2D eigenvalue weighted by Gasteiger charge is 2.32. The fourth-order valence-corrected chi connectivity index (χ4v) is 4.82. The molecule has 0 amide bonds. The van der Waals surface area contributed by atoms with Crippen molar-refractivity contribution < 1.29 is 8.42 Å². The van der Waals surface area contributed by atoms with Crippen LogP contribution in [-0.4, -0.2) is 26.3 Å². The van der Waals surface area contributed by atoms with Gasteiger partial charge < -0.3 is 5.32 Å². The van der Waals surface area contributed by atoms with Gasteiger partial charge in [0, 0.05) is 6.04 Å². The average molecular weight is 311 g/mol. The third-order valence-electron chi connectivity index (χ3n) is 3.82. The van der Waals surface area contributed by atoms with Gasteiger partial charge >= 0.3 is 0 Å². The molecule has 0 saturated heterocycles. The Bertz CT molecular complexity index is 525. The zero-order chi connectivity index (χ0) is 15.9.